The predicted octanol–water partition coefficient (Wildman–Crippen LogP) is 6.62. The summed E-state index contributed by atoms with van der Waals surface area (Å²) in [6.45, 7) is 0. The van der Waals surface area contributed by atoms with E-state index in [4.69, 9.17) is 0 Å². The van der Waals surface area contributed by atoms with Crippen molar-refractivity contribution in [1.29, 1.82) is 0 Å². The molecule has 2 fully saturated rings. The fraction of sp³-hybridized carbons (Fsp3) is 0. The molecule has 5 rings (SSSR count). The third-order valence-electron chi connectivity index (χ3n) is 4.54. The molecule has 2 saturated carbocycles. The van der Waals surface area contributed by atoms with Gasteiger partial charge in [0.15, 0.2) is 0 Å². The molecular formula is C28H23FePS+2. The first-order chi connectivity index (χ1) is 14.9. The van der Waals surface area contributed by atoms with Crippen LogP contribution in [0.1, 0.15) is 0 Å². The van der Waals surface area contributed by atoms with Crippen molar-refractivity contribution >= 4 is 30.3 Å². The zero-order valence-electron chi connectivity index (χ0n) is 17.0. The largest absolute Gasteiger partial charge is 2.00 e. The maximum Gasteiger partial charge on any atom is 2.00 e. The Bertz CT molecular complexity index is 804. The van der Waals surface area contributed by atoms with E-state index in [0.29, 0.717) is 0 Å². The number of hydrogen-bond acceptors (Lipinski definition) is 1. The van der Waals surface area contributed by atoms with E-state index < -0.39 is 7.92 Å². The van der Waals surface area contributed by atoms with Gasteiger partial charge in [0, 0.05) is 15.8 Å². The van der Waals surface area contributed by atoms with Crippen LogP contribution in [0.15, 0.2) is 95.9 Å². The molecule has 3 aromatic rings. The van der Waals surface area contributed by atoms with Crippen LogP contribution in [0.5, 0.6) is 0 Å². The van der Waals surface area contributed by atoms with Gasteiger partial charge < -0.3 is 0 Å². The molecule has 0 bridgehead atoms. The first-order valence-electron chi connectivity index (χ1n) is 9.97. The summed E-state index contributed by atoms with van der Waals surface area (Å²) in [6, 6.07) is 32.0. The molecule has 0 aliphatic heterocycles. The van der Waals surface area contributed by atoms with Crippen molar-refractivity contribution in [3.05, 3.63) is 153 Å². The molecule has 2 aliphatic carbocycles. The molecule has 0 heterocycles. The quantitative estimate of drug-likeness (QED) is 0.293. The van der Waals surface area contributed by atoms with Gasteiger partial charge in [0.2, 0.25) is 0 Å². The van der Waals surface area contributed by atoms with Crippen LogP contribution in [0.2, 0.25) is 0 Å². The van der Waals surface area contributed by atoms with Crippen molar-refractivity contribution in [2.75, 3.05) is 0 Å². The summed E-state index contributed by atoms with van der Waals surface area (Å²) in [5.41, 5.74) is 1.42. The Balaban J connectivity index is 0.000000183. The van der Waals surface area contributed by atoms with E-state index in [2.05, 4.69) is 136 Å². The minimum atomic E-state index is -0.409. The van der Waals surface area contributed by atoms with Gasteiger partial charge >= 0.3 is 17.1 Å². The minimum absolute atomic E-state index is 0. The van der Waals surface area contributed by atoms with Crippen LogP contribution < -0.4 is 10.6 Å². The van der Waals surface area contributed by atoms with E-state index in [-0.39, 0.29) is 17.1 Å². The molecule has 3 heteroatoms. The Morgan fingerprint density at radius 2 is 0.903 bits per heavy atom. The van der Waals surface area contributed by atoms with Crippen molar-refractivity contribution in [1.82, 2.24) is 0 Å². The monoisotopic (exact) mass is 478 g/mol. The molecule has 31 heavy (non-hydrogen) atoms. The Labute approximate surface area is 204 Å². The zero-order chi connectivity index (χ0) is 20.4. The van der Waals surface area contributed by atoms with Gasteiger partial charge in [-0.05, 0) is 82.0 Å². The number of hydrogen-bond donors (Lipinski definition) is 0. The second-order valence-electron chi connectivity index (χ2n) is 6.69. The second kappa shape index (κ2) is 13.5. The molecule has 3 aromatic carbocycles. The smallest absolute Gasteiger partial charge is 0.117 e. The summed E-state index contributed by atoms with van der Waals surface area (Å²) < 4.78 is 0. The number of thioether (sulfide) groups is 1. The van der Waals surface area contributed by atoms with Gasteiger partial charge in [0.1, 0.15) is 0 Å². The summed E-state index contributed by atoms with van der Waals surface area (Å²) >= 11 is 1.79. The minimum Gasteiger partial charge on any atom is -0.117 e. The molecule has 2 aliphatic rings. The normalized spacial score (nSPS) is 16.5. The van der Waals surface area contributed by atoms with E-state index in [1.165, 1.54) is 26.4 Å². The van der Waals surface area contributed by atoms with Crippen molar-refractivity contribution < 1.29 is 17.1 Å². The van der Waals surface area contributed by atoms with Gasteiger partial charge in [0.05, 0.1) is 0 Å². The van der Waals surface area contributed by atoms with Crippen LogP contribution in [-0.2, 0) is 17.1 Å². The van der Waals surface area contributed by atoms with Crippen molar-refractivity contribution in [2.45, 2.75) is 4.90 Å². The maximum absolute atomic E-state index is 2.23. The van der Waals surface area contributed by atoms with Gasteiger partial charge in [-0.25, -0.2) is 0 Å². The molecule has 0 spiro atoms. The molecular weight excluding hydrogens is 455 g/mol. The van der Waals surface area contributed by atoms with Gasteiger partial charge in [-0.3, -0.25) is 0 Å². The van der Waals surface area contributed by atoms with Crippen molar-refractivity contribution in [3.63, 3.8) is 0 Å². The maximum atomic E-state index is 2.23. The fourth-order valence-corrected chi connectivity index (χ4v) is 6.33. The van der Waals surface area contributed by atoms with Gasteiger partial charge in [0.25, 0.3) is 0 Å². The molecule has 0 atom stereocenters. The Morgan fingerprint density at radius 3 is 1.39 bits per heavy atom. The van der Waals surface area contributed by atoms with Crippen LogP contribution in [-0.4, -0.2) is 0 Å². The first-order valence-corrected chi connectivity index (χ1v) is 12.1. The molecule has 0 nitrogen and oxygen atoms in total. The average Bonchev–Trinajstić information content (AvgIpc) is 3.52. The van der Waals surface area contributed by atoms with Crippen LogP contribution in [0.4, 0.5) is 0 Å². The summed E-state index contributed by atoms with van der Waals surface area (Å²) in [5.74, 6) is 0. The van der Waals surface area contributed by atoms with E-state index in [0.717, 1.165) is 0 Å². The van der Waals surface area contributed by atoms with E-state index in [1.54, 1.807) is 11.8 Å². The average molecular weight is 478 g/mol. The summed E-state index contributed by atoms with van der Waals surface area (Å²) in [5, 5.41) is 4.12. The topological polar surface area (TPSA) is 0 Å². The van der Waals surface area contributed by atoms with E-state index in [1.807, 2.05) is 6.07 Å². The molecule has 0 saturated heterocycles. The second-order valence-corrected chi connectivity index (χ2v) is 10.1. The SMILES string of the molecule is [CH]1[CH][CH][C](P(c2ccccc2)c2ccccc2)[CH]1.[CH]1[CH][CH][C](Sc2ccccc2)[CH]1.[Fe+2]. The fourth-order valence-electron chi connectivity index (χ4n) is 3.16. The van der Waals surface area contributed by atoms with Crippen LogP contribution in [0.3, 0.4) is 0 Å². The zero-order valence-corrected chi connectivity index (χ0v) is 19.8. The third kappa shape index (κ3) is 7.50. The summed E-state index contributed by atoms with van der Waals surface area (Å²) in [4.78, 5) is 1.30. The summed E-state index contributed by atoms with van der Waals surface area (Å²) in [7, 11) is -0.409. The van der Waals surface area contributed by atoms with Crippen LogP contribution in [0.25, 0.3) is 0 Å². The van der Waals surface area contributed by atoms with Gasteiger partial charge in [-0.1, -0.05) is 78.9 Å². The molecule has 10 radical (unpaired) electrons. The molecule has 0 amide bonds. The van der Waals surface area contributed by atoms with Crippen molar-refractivity contribution in [2.24, 2.45) is 0 Å². The van der Waals surface area contributed by atoms with E-state index in [9.17, 15) is 0 Å². The van der Waals surface area contributed by atoms with Crippen LogP contribution in [0, 0.1) is 62.3 Å². The molecule has 0 unspecified atom stereocenters. The predicted molar refractivity (Wildman–Crippen MR) is 132 cm³/mol. The third-order valence-corrected chi connectivity index (χ3v) is 8.00. The Kier molecular flexibility index (Phi) is 10.7. The van der Waals surface area contributed by atoms with Gasteiger partial charge in [-0.15, -0.1) is 11.8 Å². The summed E-state index contributed by atoms with van der Waals surface area (Å²) in [6.07, 6.45) is 17.1. The first kappa shape index (κ1) is 24.6. The number of rotatable bonds is 5. The van der Waals surface area contributed by atoms with Crippen molar-refractivity contribution in [3.8, 4) is 0 Å². The molecule has 152 valence electrons. The standard InChI is InChI=1S/C17H14P.C11H9S.Fe/c1-3-9-15(10-4-1)18(17-13-7-8-14-17)16-11-5-2-6-12-16;1-2-6-10(7-3-1)12-11-8-4-5-9-11;/h1-14H;1-9H;/q;;+2. The van der Waals surface area contributed by atoms with Gasteiger partial charge in [-0.2, -0.15) is 0 Å². The van der Waals surface area contributed by atoms with Crippen LogP contribution >= 0.6 is 19.7 Å². The van der Waals surface area contributed by atoms with E-state index >= 15 is 0 Å². The Morgan fingerprint density at radius 1 is 0.484 bits per heavy atom. The molecule has 0 aromatic heterocycles. The molecule has 0 N–H and O–H groups in total. The number of benzene rings is 3. The Hall–Kier alpha value is -1.04.